The number of likely N-dealkylation sites (tertiary alicyclic amines) is 1. The van der Waals surface area contributed by atoms with Crippen LogP contribution in [0.4, 0.5) is 0 Å². The van der Waals surface area contributed by atoms with Gasteiger partial charge in [-0.1, -0.05) is 0 Å². The number of amides is 1. The number of aliphatic hydroxyl groups excluding tert-OH is 1. The van der Waals surface area contributed by atoms with Crippen LogP contribution in [0.25, 0.3) is 0 Å². The van der Waals surface area contributed by atoms with Gasteiger partial charge in [0.15, 0.2) is 6.29 Å². The fraction of sp³-hybridized carbons (Fsp3) is 0.909. The second-order valence-corrected chi connectivity index (χ2v) is 4.43. The molecule has 0 saturated carbocycles. The first-order valence-electron chi connectivity index (χ1n) is 5.86. The van der Waals surface area contributed by atoms with Crippen LogP contribution in [0.5, 0.6) is 0 Å². The number of ether oxygens (including phenoxy) is 2. The zero-order valence-corrected chi connectivity index (χ0v) is 9.59. The van der Waals surface area contributed by atoms with Crippen molar-refractivity contribution in [2.24, 2.45) is 0 Å². The van der Waals surface area contributed by atoms with E-state index in [9.17, 15) is 9.90 Å². The molecular formula is C11H19NO4. The van der Waals surface area contributed by atoms with Crippen molar-refractivity contribution in [3.63, 3.8) is 0 Å². The third-order valence-electron chi connectivity index (χ3n) is 3.35. The minimum Gasteiger partial charge on any atom is -0.394 e. The third kappa shape index (κ3) is 2.36. The summed E-state index contributed by atoms with van der Waals surface area (Å²) in [4.78, 5) is 13.1. The molecule has 2 fully saturated rings. The number of hydrogen-bond donors (Lipinski definition) is 1. The van der Waals surface area contributed by atoms with Gasteiger partial charge in [-0.15, -0.1) is 0 Å². The van der Waals surface area contributed by atoms with Crippen LogP contribution in [-0.2, 0) is 14.3 Å². The van der Waals surface area contributed by atoms with E-state index in [2.05, 4.69) is 0 Å². The van der Waals surface area contributed by atoms with E-state index in [-0.39, 0.29) is 30.9 Å². The van der Waals surface area contributed by atoms with E-state index in [1.54, 1.807) is 11.9 Å². The molecular weight excluding hydrogens is 210 g/mol. The van der Waals surface area contributed by atoms with E-state index < -0.39 is 0 Å². The standard InChI is InChI=1S/C11H19NO4/c1-12-8(7-13)9(6-10(12)14)16-11-4-2-3-5-15-11/h8-9,11,13H,2-7H2,1H3/t8?,9-,11?/m1/s1. The second kappa shape index (κ2) is 5.12. The van der Waals surface area contributed by atoms with Gasteiger partial charge in [-0.05, 0) is 19.3 Å². The van der Waals surface area contributed by atoms with Crippen molar-refractivity contribution in [1.82, 2.24) is 4.90 Å². The normalized spacial score (nSPS) is 35.8. The molecule has 2 saturated heterocycles. The van der Waals surface area contributed by atoms with Crippen molar-refractivity contribution in [3.8, 4) is 0 Å². The molecule has 0 aliphatic carbocycles. The highest BCUT2D eigenvalue weighted by atomic mass is 16.7. The fourth-order valence-corrected chi connectivity index (χ4v) is 2.28. The summed E-state index contributed by atoms with van der Waals surface area (Å²) in [5.41, 5.74) is 0. The SMILES string of the molecule is CN1C(=O)C[C@@H](OC2CCCCO2)C1CO. The molecule has 92 valence electrons. The monoisotopic (exact) mass is 229 g/mol. The maximum Gasteiger partial charge on any atom is 0.225 e. The van der Waals surface area contributed by atoms with Gasteiger partial charge in [0.2, 0.25) is 5.91 Å². The Hall–Kier alpha value is -0.650. The maximum absolute atomic E-state index is 11.5. The molecule has 2 rings (SSSR count). The largest absolute Gasteiger partial charge is 0.394 e. The summed E-state index contributed by atoms with van der Waals surface area (Å²) in [7, 11) is 1.70. The molecule has 3 atom stereocenters. The first-order chi connectivity index (χ1) is 7.72. The van der Waals surface area contributed by atoms with Crippen molar-refractivity contribution < 1.29 is 19.4 Å². The lowest BCUT2D eigenvalue weighted by Gasteiger charge is -2.29. The van der Waals surface area contributed by atoms with E-state index >= 15 is 0 Å². The van der Waals surface area contributed by atoms with Crippen molar-refractivity contribution in [2.45, 2.75) is 44.1 Å². The molecule has 2 aliphatic rings. The molecule has 0 radical (unpaired) electrons. The lowest BCUT2D eigenvalue weighted by atomic mass is 10.1. The third-order valence-corrected chi connectivity index (χ3v) is 3.35. The molecule has 2 aliphatic heterocycles. The zero-order chi connectivity index (χ0) is 11.5. The van der Waals surface area contributed by atoms with Crippen molar-refractivity contribution in [1.29, 1.82) is 0 Å². The van der Waals surface area contributed by atoms with Crippen LogP contribution in [0, 0.1) is 0 Å². The highest BCUT2D eigenvalue weighted by Gasteiger charge is 2.39. The zero-order valence-electron chi connectivity index (χ0n) is 9.59. The molecule has 0 aromatic heterocycles. The smallest absolute Gasteiger partial charge is 0.225 e. The summed E-state index contributed by atoms with van der Waals surface area (Å²) >= 11 is 0. The minimum atomic E-state index is -0.231. The lowest BCUT2D eigenvalue weighted by Crippen LogP contribution is -2.40. The number of likely N-dealkylation sites (N-methyl/N-ethyl adjacent to an activating group) is 1. The summed E-state index contributed by atoms with van der Waals surface area (Å²) < 4.78 is 11.2. The number of carbonyl (C=O) groups excluding carboxylic acids is 1. The molecule has 1 N–H and O–H groups in total. The molecule has 0 spiro atoms. The van der Waals surface area contributed by atoms with Gasteiger partial charge < -0.3 is 19.5 Å². The average Bonchev–Trinajstić information content (AvgIpc) is 2.56. The van der Waals surface area contributed by atoms with Gasteiger partial charge in [0.05, 0.1) is 25.2 Å². The quantitative estimate of drug-likeness (QED) is 0.747. The summed E-state index contributed by atoms with van der Waals surface area (Å²) in [6.45, 7) is 0.671. The number of aliphatic hydroxyl groups is 1. The number of rotatable bonds is 3. The Morgan fingerprint density at radius 3 is 3.00 bits per heavy atom. The molecule has 5 nitrogen and oxygen atoms in total. The summed E-state index contributed by atoms with van der Waals surface area (Å²) in [5.74, 6) is 0.0276. The molecule has 0 aromatic carbocycles. The van der Waals surface area contributed by atoms with Crippen molar-refractivity contribution in [2.75, 3.05) is 20.3 Å². The fourth-order valence-electron chi connectivity index (χ4n) is 2.28. The predicted octanol–water partition coefficient (Wildman–Crippen LogP) is 0.121. The van der Waals surface area contributed by atoms with Gasteiger partial charge in [0.1, 0.15) is 0 Å². The molecule has 2 unspecified atom stereocenters. The molecule has 1 amide bonds. The van der Waals surface area contributed by atoms with Gasteiger partial charge in [0.25, 0.3) is 0 Å². The molecule has 0 bridgehead atoms. The Morgan fingerprint density at radius 1 is 1.56 bits per heavy atom. The highest BCUT2D eigenvalue weighted by molar-refractivity contribution is 5.79. The molecule has 2 heterocycles. The summed E-state index contributed by atoms with van der Waals surface area (Å²) in [6.07, 6.45) is 2.98. The lowest BCUT2D eigenvalue weighted by molar-refractivity contribution is -0.193. The van der Waals surface area contributed by atoms with Crippen LogP contribution in [0.3, 0.4) is 0 Å². The van der Waals surface area contributed by atoms with Crippen molar-refractivity contribution >= 4 is 5.91 Å². The summed E-state index contributed by atoms with van der Waals surface area (Å²) in [5, 5.41) is 9.24. The topological polar surface area (TPSA) is 59.0 Å². The van der Waals surface area contributed by atoms with Crippen molar-refractivity contribution in [3.05, 3.63) is 0 Å². The molecule has 16 heavy (non-hydrogen) atoms. The van der Waals surface area contributed by atoms with E-state index in [4.69, 9.17) is 9.47 Å². The first kappa shape index (κ1) is 11.8. The second-order valence-electron chi connectivity index (χ2n) is 4.43. The van der Waals surface area contributed by atoms with Gasteiger partial charge in [0, 0.05) is 13.7 Å². The van der Waals surface area contributed by atoms with E-state index in [1.165, 1.54) is 0 Å². The predicted molar refractivity (Wildman–Crippen MR) is 56.7 cm³/mol. The highest BCUT2D eigenvalue weighted by Crippen LogP contribution is 2.24. The Bertz CT molecular complexity index is 252. The van der Waals surface area contributed by atoms with Crippen LogP contribution in [0.1, 0.15) is 25.7 Å². The molecule has 0 aromatic rings. The Kier molecular flexibility index (Phi) is 3.78. The van der Waals surface area contributed by atoms with E-state index in [1.807, 2.05) is 0 Å². The van der Waals surface area contributed by atoms with Crippen LogP contribution >= 0.6 is 0 Å². The van der Waals surface area contributed by atoms with Crippen LogP contribution in [0.15, 0.2) is 0 Å². The van der Waals surface area contributed by atoms with E-state index in [0.717, 1.165) is 25.9 Å². The average molecular weight is 229 g/mol. The van der Waals surface area contributed by atoms with Gasteiger partial charge >= 0.3 is 0 Å². The first-order valence-corrected chi connectivity index (χ1v) is 5.86. The number of hydrogen-bond acceptors (Lipinski definition) is 4. The minimum absolute atomic E-state index is 0.0276. The Labute approximate surface area is 95.3 Å². The van der Waals surface area contributed by atoms with Gasteiger partial charge in [-0.2, -0.15) is 0 Å². The number of nitrogens with zero attached hydrogens (tertiary/aromatic N) is 1. The van der Waals surface area contributed by atoms with Crippen LogP contribution in [-0.4, -0.2) is 54.6 Å². The number of carbonyl (C=O) groups is 1. The van der Waals surface area contributed by atoms with Crippen LogP contribution in [0.2, 0.25) is 0 Å². The maximum atomic E-state index is 11.5. The van der Waals surface area contributed by atoms with E-state index in [0.29, 0.717) is 6.42 Å². The van der Waals surface area contributed by atoms with Gasteiger partial charge in [-0.25, -0.2) is 0 Å². The molecule has 5 heteroatoms. The summed E-state index contributed by atoms with van der Waals surface area (Å²) in [6, 6.07) is -0.224. The Balaban J connectivity index is 1.90. The van der Waals surface area contributed by atoms with Gasteiger partial charge in [-0.3, -0.25) is 4.79 Å². The van der Waals surface area contributed by atoms with Crippen LogP contribution < -0.4 is 0 Å². The Morgan fingerprint density at radius 2 is 2.38 bits per heavy atom.